The lowest BCUT2D eigenvalue weighted by atomic mass is 10.3. The van der Waals surface area contributed by atoms with E-state index in [4.69, 9.17) is 0 Å². The van der Waals surface area contributed by atoms with Gasteiger partial charge in [-0.1, -0.05) is 24.3 Å². The molecule has 0 rings (SSSR count). The number of alkyl halides is 3. The minimum atomic E-state index is -4.61. The van der Waals surface area contributed by atoms with E-state index in [0.29, 0.717) is 0 Å². The smallest absolute Gasteiger partial charge is 0.411 e. The topological polar surface area (TPSA) is 9.23 Å². The SMILES string of the molecule is C=CC(C)=CC=C(C)OC(F)(F)F. The van der Waals surface area contributed by atoms with Crippen molar-refractivity contribution in [3.05, 3.63) is 36.1 Å². The average molecular weight is 192 g/mol. The molecule has 0 atom stereocenters. The molecular weight excluding hydrogens is 181 g/mol. The van der Waals surface area contributed by atoms with Crippen molar-refractivity contribution in [1.82, 2.24) is 0 Å². The van der Waals surface area contributed by atoms with Crippen LogP contribution in [-0.2, 0) is 4.74 Å². The number of ether oxygens (including phenoxy) is 1. The molecule has 0 radical (unpaired) electrons. The zero-order chi connectivity index (χ0) is 10.5. The van der Waals surface area contributed by atoms with Gasteiger partial charge in [0.1, 0.15) is 5.76 Å². The fraction of sp³-hybridized carbons (Fsp3) is 0.333. The summed E-state index contributed by atoms with van der Waals surface area (Å²) in [6.07, 6.45) is -0.341. The van der Waals surface area contributed by atoms with Crippen LogP contribution in [0.4, 0.5) is 13.2 Å². The Morgan fingerprint density at radius 3 is 2.15 bits per heavy atom. The zero-order valence-electron chi connectivity index (χ0n) is 7.48. The van der Waals surface area contributed by atoms with Gasteiger partial charge in [-0.3, -0.25) is 0 Å². The number of hydrogen-bond acceptors (Lipinski definition) is 1. The molecule has 13 heavy (non-hydrogen) atoms. The lowest BCUT2D eigenvalue weighted by Crippen LogP contribution is -2.11. The molecule has 0 aromatic heterocycles. The van der Waals surface area contributed by atoms with Gasteiger partial charge in [-0.2, -0.15) is 0 Å². The summed E-state index contributed by atoms with van der Waals surface area (Å²) >= 11 is 0. The van der Waals surface area contributed by atoms with E-state index in [1.54, 1.807) is 6.92 Å². The van der Waals surface area contributed by atoms with E-state index in [0.717, 1.165) is 5.57 Å². The minimum absolute atomic E-state index is 0.200. The van der Waals surface area contributed by atoms with Crippen molar-refractivity contribution in [2.24, 2.45) is 0 Å². The Morgan fingerprint density at radius 1 is 1.23 bits per heavy atom. The Bertz CT molecular complexity index is 236. The predicted molar refractivity (Wildman–Crippen MR) is 44.9 cm³/mol. The summed E-state index contributed by atoms with van der Waals surface area (Å²) in [5.74, 6) is -0.200. The lowest BCUT2D eigenvalue weighted by Gasteiger charge is -2.07. The first-order valence-electron chi connectivity index (χ1n) is 3.58. The minimum Gasteiger partial charge on any atom is -0.411 e. The van der Waals surface area contributed by atoms with E-state index in [1.807, 2.05) is 0 Å². The van der Waals surface area contributed by atoms with Crippen molar-refractivity contribution in [3.63, 3.8) is 0 Å². The first kappa shape index (κ1) is 11.8. The van der Waals surface area contributed by atoms with Gasteiger partial charge in [0.2, 0.25) is 0 Å². The molecule has 74 valence electrons. The highest BCUT2D eigenvalue weighted by Crippen LogP contribution is 2.20. The van der Waals surface area contributed by atoms with E-state index in [1.165, 1.54) is 25.2 Å². The number of hydrogen-bond donors (Lipinski definition) is 0. The summed E-state index contributed by atoms with van der Waals surface area (Å²) in [4.78, 5) is 0. The molecule has 0 bridgehead atoms. The van der Waals surface area contributed by atoms with Crippen molar-refractivity contribution in [2.45, 2.75) is 20.2 Å². The summed E-state index contributed by atoms with van der Waals surface area (Å²) in [6.45, 7) is 6.42. The molecule has 0 unspecified atom stereocenters. The average Bonchev–Trinajstić information content (AvgIpc) is 1.97. The predicted octanol–water partition coefficient (Wildman–Crippen LogP) is 3.56. The molecule has 0 aliphatic rings. The van der Waals surface area contributed by atoms with Gasteiger partial charge < -0.3 is 4.74 Å². The van der Waals surface area contributed by atoms with Crippen LogP contribution in [0.15, 0.2) is 36.1 Å². The van der Waals surface area contributed by atoms with Crippen LogP contribution >= 0.6 is 0 Å². The second-order valence-corrected chi connectivity index (χ2v) is 2.44. The molecule has 0 aliphatic carbocycles. The molecule has 1 nitrogen and oxygen atoms in total. The maximum Gasteiger partial charge on any atom is 0.572 e. The largest absolute Gasteiger partial charge is 0.572 e. The third-order valence-electron chi connectivity index (χ3n) is 1.18. The van der Waals surface area contributed by atoms with Crippen molar-refractivity contribution < 1.29 is 17.9 Å². The van der Waals surface area contributed by atoms with Crippen LogP contribution in [0.5, 0.6) is 0 Å². The molecule has 0 fully saturated rings. The fourth-order valence-electron chi connectivity index (χ4n) is 0.533. The van der Waals surface area contributed by atoms with Crippen LogP contribution in [0.1, 0.15) is 13.8 Å². The molecule has 4 heteroatoms. The lowest BCUT2D eigenvalue weighted by molar-refractivity contribution is -0.305. The molecule has 0 amide bonds. The van der Waals surface area contributed by atoms with E-state index in [2.05, 4.69) is 11.3 Å². The monoisotopic (exact) mass is 192 g/mol. The first-order valence-corrected chi connectivity index (χ1v) is 3.58. The Labute approximate surface area is 75.2 Å². The second-order valence-electron chi connectivity index (χ2n) is 2.44. The summed E-state index contributed by atoms with van der Waals surface area (Å²) < 4.78 is 38.4. The van der Waals surface area contributed by atoms with Gasteiger partial charge in [-0.05, 0) is 19.9 Å². The molecule has 0 saturated carbocycles. The van der Waals surface area contributed by atoms with Gasteiger partial charge in [0, 0.05) is 0 Å². The van der Waals surface area contributed by atoms with Crippen LogP contribution in [0, 0.1) is 0 Å². The van der Waals surface area contributed by atoms with Gasteiger partial charge in [0.05, 0.1) is 0 Å². The molecule has 0 N–H and O–H groups in total. The van der Waals surface area contributed by atoms with Crippen LogP contribution in [0.25, 0.3) is 0 Å². The molecule has 0 spiro atoms. The van der Waals surface area contributed by atoms with E-state index < -0.39 is 6.36 Å². The van der Waals surface area contributed by atoms with Gasteiger partial charge in [-0.25, -0.2) is 0 Å². The Balaban J connectivity index is 4.27. The molecular formula is C9H11F3O. The number of halogens is 3. The van der Waals surface area contributed by atoms with Crippen LogP contribution in [0.2, 0.25) is 0 Å². The Kier molecular flexibility index (Phi) is 4.31. The molecule has 0 heterocycles. The van der Waals surface area contributed by atoms with Gasteiger partial charge in [0.15, 0.2) is 0 Å². The highest BCUT2D eigenvalue weighted by Gasteiger charge is 2.30. The third-order valence-corrected chi connectivity index (χ3v) is 1.18. The number of allylic oxidation sites excluding steroid dienone is 5. The van der Waals surface area contributed by atoms with E-state index in [9.17, 15) is 13.2 Å². The number of rotatable bonds is 3. The van der Waals surface area contributed by atoms with Crippen molar-refractivity contribution in [2.75, 3.05) is 0 Å². The third kappa shape index (κ3) is 7.18. The zero-order valence-corrected chi connectivity index (χ0v) is 7.48. The normalized spacial score (nSPS) is 14.2. The Hall–Kier alpha value is -1.19. The maximum atomic E-state index is 11.6. The van der Waals surface area contributed by atoms with Crippen LogP contribution in [-0.4, -0.2) is 6.36 Å². The van der Waals surface area contributed by atoms with Crippen LogP contribution in [0.3, 0.4) is 0 Å². The molecule has 0 saturated heterocycles. The summed E-state index contributed by atoms with van der Waals surface area (Å²) in [5.41, 5.74) is 0.769. The maximum absolute atomic E-state index is 11.6. The molecule has 0 aromatic carbocycles. The van der Waals surface area contributed by atoms with E-state index in [-0.39, 0.29) is 5.76 Å². The van der Waals surface area contributed by atoms with Crippen molar-refractivity contribution >= 4 is 0 Å². The van der Waals surface area contributed by atoms with Crippen molar-refractivity contribution in [1.29, 1.82) is 0 Å². The highest BCUT2D eigenvalue weighted by molar-refractivity contribution is 5.20. The Morgan fingerprint density at radius 2 is 1.77 bits per heavy atom. The quantitative estimate of drug-likeness (QED) is 0.490. The van der Waals surface area contributed by atoms with Gasteiger partial charge in [-0.15, -0.1) is 13.2 Å². The van der Waals surface area contributed by atoms with E-state index >= 15 is 0 Å². The summed E-state index contributed by atoms with van der Waals surface area (Å²) in [7, 11) is 0. The second kappa shape index (κ2) is 4.74. The molecule has 0 aromatic rings. The first-order chi connectivity index (χ1) is 5.85. The highest BCUT2D eigenvalue weighted by atomic mass is 19.4. The fourth-order valence-corrected chi connectivity index (χ4v) is 0.533. The van der Waals surface area contributed by atoms with Crippen molar-refractivity contribution in [3.8, 4) is 0 Å². The molecule has 0 aliphatic heterocycles. The van der Waals surface area contributed by atoms with Crippen LogP contribution < -0.4 is 0 Å². The standard InChI is InChI=1S/C9H11F3O/c1-4-7(2)5-6-8(3)13-9(10,11)12/h4-6H,1H2,2-3H3. The van der Waals surface area contributed by atoms with Gasteiger partial charge in [0.25, 0.3) is 0 Å². The van der Waals surface area contributed by atoms with Gasteiger partial charge >= 0.3 is 6.36 Å². The summed E-state index contributed by atoms with van der Waals surface area (Å²) in [6, 6.07) is 0. The summed E-state index contributed by atoms with van der Waals surface area (Å²) in [5, 5.41) is 0.